The first kappa shape index (κ1) is 16.4. The average molecular weight is 296 g/mol. The lowest BCUT2D eigenvalue weighted by Gasteiger charge is -2.28. The van der Waals surface area contributed by atoms with Gasteiger partial charge in [-0.15, -0.1) is 11.3 Å². The van der Waals surface area contributed by atoms with Crippen LogP contribution in [0.25, 0.3) is 6.08 Å². The van der Waals surface area contributed by atoms with Crippen LogP contribution in [-0.4, -0.2) is 30.0 Å². The third kappa shape index (κ3) is 4.77. The zero-order valence-corrected chi connectivity index (χ0v) is 13.2. The first-order valence-electron chi connectivity index (χ1n) is 6.22. The fraction of sp³-hybridized carbons (Fsp3) is 0.500. The van der Waals surface area contributed by atoms with Gasteiger partial charge in [0.2, 0.25) is 5.91 Å². The summed E-state index contributed by atoms with van der Waals surface area (Å²) < 4.78 is 4.72. The van der Waals surface area contributed by atoms with Crippen molar-refractivity contribution in [1.82, 2.24) is 10.3 Å². The molecule has 0 saturated carbocycles. The van der Waals surface area contributed by atoms with E-state index in [1.807, 2.05) is 33.1 Å². The summed E-state index contributed by atoms with van der Waals surface area (Å²) in [5, 5.41) is 5.46. The molecule has 0 radical (unpaired) electrons. The molecule has 1 atom stereocenters. The minimum Gasteiger partial charge on any atom is -0.467 e. The van der Waals surface area contributed by atoms with Crippen LogP contribution in [0.3, 0.4) is 0 Å². The molecule has 110 valence electrons. The second-order valence-electron chi connectivity index (χ2n) is 5.46. The molecule has 1 rings (SSSR count). The summed E-state index contributed by atoms with van der Waals surface area (Å²) in [5.74, 6) is -0.801. The molecule has 0 fully saturated rings. The molecule has 1 aromatic rings. The maximum atomic E-state index is 11.9. The Morgan fingerprint density at radius 1 is 1.45 bits per heavy atom. The molecule has 6 heteroatoms. The summed E-state index contributed by atoms with van der Waals surface area (Å²) in [6.07, 6.45) is 2.99. The number of thiazole rings is 1. The van der Waals surface area contributed by atoms with Crippen LogP contribution in [0.4, 0.5) is 0 Å². The quantitative estimate of drug-likeness (QED) is 0.683. The summed E-state index contributed by atoms with van der Waals surface area (Å²) in [6, 6.07) is -0.693. The van der Waals surface area contributed by atoms with E-state index in [-0.39, 0.29) is 5.91 Å². The first-order chi connectivity index (χ1) is 9.24. The van der Waals surface area contributed by atoms with Gasteiger partial charge in [0.05, 0.1) is 17.8 Å². The molecular weight excluding hydrogens is 276 g/mol. The number of carbonyl (C=O) groups is 2. The predicted octanol–water partition coefficient (Wildman–Crippen LogP) is 2.17. The van der Waals surface area contributed by atoms with Gasteiger partial charge in [-0.3, -0.25) is 4.79 Å². The number of carbonyl (C=O) groups excluding carboxylic acids is 2. The maximum absolute atomic E-state index is 11.9. The minimum absolute atomic E-state index is 0.346. The molecule has 1 aromatic heterocycles. The van der Waals surface area contributed by atoms with E-state index in [4.69, 9.17) is 4.74 Å². The fourth-order valence-corrected chi connectivity index (χ4v) is 2.14. The highest BCUT2D eigenvalue weighted by molar-refractivity contribution is 7.09. The lowest BCUT2D eigenvalue weighted by molar-refractivity contribution is -0.147. The Morgan fingerprint density at radius 3 is 2.55 bits per heavy atom. The summed E-state index contributed by atoms with van der Waals surface area (Å²) in [7, 11) is 1.31. The van der Waals surface area contributed by atoms with Gasteiger partial charge in [0.25, 0.3) is 0 Å². The molecule has 0 spiro atoms. The fourth-order valence-electron chi connectivity index (χ4n) is 1.55. The summed E-state index contributed by atoms with van der Waals surface area (Å²) >= 11 is 1.51. The molecule has 5 nitrogen and oxygen atoms in total. The van der Waals surface area contributed by atoms with E-state index in [2.05, 4.69) is 10.3 Å². The summed E-state index contributed by atoms with van der Waals surface area (Å²) in [5.41, 5.74) is 0.307. The highest BCUT2D eigenvalue weighted by atomic mass is 32.1. The second kappa shape index (κ2) is 6.65. The number of aromatic nitrogens is 1. The molecule has 0 bridgehead atoms. The van der Waals surface area contributed by atoms with Gasteiger partial charge >= 0.3 is 5.97 Å². The van der Waals surface area contributed by atoms with Gasteiger partial charge in [-0.25, -0.2) is 9.78 Å². The molecule has 1 amide bonds. The van der Waals surface area contributed by atoms with Crippen molar-refractivity contribution < 1.29 is 14.3 Å². The van der Waals surface area contributed by atoms with Crippen LogP contribution >= 0.6 is 11.3 Å². The Hall–Kier alpha value is -1.69. The molecule has 0 aliphatic rings. The Bertz CT molecular complexity index is 515. The van der Waals surface area contributed by atoms with Crippen molar-refractivity contribution >= 4 is 29.3 Å². The van der Waals surface area contributed by atoms with Crippen molar-refractivity contribution in [2.75, 3.05) is 7.11 Å². The molecule has 20 heavy (non-hydrogen) atoms. The van der Waals surface area contributed by atoms with Crippen molar-refractivity contribution in [2.24, 2.45) is 5.41 Å². The number of hydrogen-bond donors (Lipinski definition) is 1. The number of amides is 1. The van der Waals surface area contributed by atoms with Crippen LogP contribution in [0.5, 0.6) is 0 Å². The molecular formula is C14H20N2O3S. The normalized spacial score (nSPS) is 13.2. The predicted molar refractivity (Wildman–Crippen MR) is 79.3 cm³/mol. The lowest BCUT2D eigenvalue weighted by atomic mass is 9.86. The molecule has 0 aliphatic heterocycles. The third-order valence-electron chi connectivity index (χ3n) is 2.63. The van der Waals surface area contributed by atoms with Crippen LogP contribution in [0.15, 0.2) is 11.5 Å². The SMILES string of the molecule is COC(=O)C(NC(=O)C=Cc1csc(C)n1)C(C)(C)C. The molecule has 0 aromatic carbocycles. The van der Waals surface area contributed by atoms with E-state index in [0.29, 0.717) is 0 Å². The van der Waals surface area contributed by atoms with E-state index in [9.17, 15) is 9.59 Å². The highest BCUT2D eigenvalue weighted by Crippen LogP contribution is 2.20. The van der Waals surface area contributed by atoms with Crippen LogP contribution < -0.4 is 5.32 Å². The van der Waals surface area contributed by atoms with Gasteiger partial charge in [0.1, 0.15) is 6.04 Å². The van der Waals surface area contributed by atoms with E-state index in [1.54, 1.807) is 6.08 Å². The van der Waals surface area contributed by atoms with Crippen LogP contribution in [0, 0.1) is 12.3 Å². The zero-order valence-electron chi connectivity index (χ0n) is 12.4. The lowest BCUT2D eigenvalue weighted by Crippen LogP contribution is -2.49. The molecule has 1 unspecified atom stereocenters. The number of nitrogens with one attached hydrogen (secondary N) is 1. The highest BCUT2D eigenvalue weighted by Gasteiger charge is 2.33. The number of rotatable bonds is 4. The topological polar surface area (TPSA) is 68.3 Å². The van der Waals surface area contributed by atoms with Gasteiger partial charge in [-0.2, -0.15) is 0 Å². The number of aryl methyl sites for hydroxylation is 1. The first-order valence-corrected chi connectivity index (χ1v) is 7.10. The summed E-state index contributed by atoms with van der Waals surface area (Å²) in [4.78, 5) is 27.8. The van der Waals surface area contributed by atoms with Crippen molar-refractivity contribution in [3.8, 4) is 0 Å². The van der Waals surface area contributed by atoms with E-state index in [1.165, 1.54) is 24.5 Å². The Kier molecular flexibility index (Phi) is 5.44. The minimum atomic E-state index is -0.693. The van der Waals surface area contributed by atoms with Crippen molar-refractivity contribution in [3.05, 3.63) is 22.2 Å². The van der Waals surface area contributed by atoms with Gasteiger partial charge in [-0.1, -0.05) is 20.8 Å². The number of esters is 1. The van der Waals surface area contributed by atoms with E-state index < -0.39 is 17.4 Å². The molecule has 1 heterocycles. The Labute approximate surface area is 123 Å². The largest absolute Gasteiger partial charge is 0.467 e. The number of hydrogen-bond acceptors (Lipinski definition) is 5. The maximum Gasteiger partial charge on any atom is 0.328 e. The van der Waals surface area contributed by atoms with Gasteiger partial charge in [0, 0.05) is 11.5 Å². The monoisotopic (exact) mass is 296 g/mol. The smallest absolute Gasteiger partial charge is 0.328 e. The van der Waals surface area contributed by atoms with Gasteiger partial charge < -0.3 is 10.1 Å². The van der Waals surface area contributed by atoms with E-state index in [0.717, 1.165) is 10.7 Å². The Morgan fingerprint density at radius 2 is 2.10 bits per heavy atom. The molecule has 0 saturated heterocycles. The van der Waals surface area contributed by atoms with Crippen LogP contribution in [0.2, 0.25) is 0 Å². The van der Waals surface area contributed by atoms with E-state index >= 15 is 0 Å². The zero-order chi connectivity index (χ0) is 15.3. The van der Waals surface area contributed by atoms with Crippen LogP contribution in [-0.2, 0) is 14.3 Å². The van der Waals surface area contributed by atoms with Gasteiger partial charge in [0.15, 0.2) is 0 Å². The average Bonchev–Trinajstić information content (AvgIpc) is 2.77. The second-order valence-corrected chi connectivity index (χ2v) is 6.52. The van der Waals surface area contributed by atoms with Crippen molar-refractivity contribution in [1.29, 1.82) is 0 Å². The van der Waals surface area contributed by atoms with Gasteiger partial charge in [-0.05, 0) is 18.4 Å². The number of ether oxygens (including phenoxy) is 1. The molecule has 0 aliphatic carbocycles. The molecule has 1 N–H and O–H groups in total. The van der Waals surface area contributed by atoms with Crippen LogP contribution in [0.1, 0.15) is 31.5 Å². The number of methoxy groups -OCH3 is 1. The third-order valence-corrected chi connectivity index (χ3v) is 3.42. The van der Waals surface area contributed by atoms with Crippen molar-refractivity contribution in [2.45, 2.75) is 33.7 Å². The Balaban J connectivity index is 2.72. The van der Waals surface area contributed by atoms with Crippen molar-refractivity contribution in [3.63, 3.8) is 0 Å². The summed E-state index contributed by atoms with van der Waals surface area (Å²) in [6.45, 7) is 7.49. The number of nitrogens with zero attached hydrogens (tertiary/aromatic N) is 1. The standard InChI is InChI=1S/C14H20N2O3S/c1-9-15-10(8-20-9)6-7-11(17)16-12(13(18)19-5)14(2,3)4/h6-8,12H,1-5H3,(H,16,17).